The molecule has 1 aromatic rings. The van der Waals surface area contributed by atoms with Crippen molar-refractivity contribution in [1.82, 2.24) is 10.2 Å². The molecule has 2 amide bonds. The topological polar surface area (TPSA) is 113 Å². The van der Waals surface area contributed by atoms with Gasteiger partial charge in [-0.05, 0) is 38.1 Å². The number of Topliss-reactive ketones (excluding diaryl/α,β-unsaturated/α-hetero) is 1. The molecule has 0 aromatic heterocycles. The number of benzene rings is 1. The molecule has 28 heavy (non-hydrogen) atoms. The molecular weight excluding hydrogens is 384 g/mol. The lowest BCUT2D eigenvalue weighted by Gasteiger charge is -2.43. The summed E-state index contributed by atoms with van der Waals surface area (Å²) in [7, 11) is 1.53. The summed E-state index contributed by atoms with van der Waals surface area (Å²) < 4.78 is 4.40. The summed E-state index contributed by atoms with van der Waals surface area (Å²) in [4.78, 5) is 49.6. The van der Waals surface area contributed by atoms with Crippen LogP contribution in [0.1, 0.15) is 37.0 Å². The fourth-order valence-corrected chi connectivity index (χ4v) is 5.16. The van der Waals surface area contributed by atoms with Crippen LogP contribution in [-0.2, 0) is 14.4 Å². The molecule has 8 nitrogen and oxygen atoms in total. The van der Waals surface area contributed by atoms with Gasteiger partial charge in [0.1, 0.15) is 23.2 Å². The van der Waals surface area contributed by atoms with Gasteiger partial charge in [-0.1, -0.05) is 0 Å². The number of hydrogen-bond donors (Lipinski definition) is 2. The molecule has 0 saturated carbocycles. The Hall–Kier alpha value is -2.55. The molecule has 0 bridgehead atoms. The highest BCUT2D eigenvalue weighted by Gasteiger charge is 2.64. The van der Waals surface area contributed by atoms with E-state index in [1.807, 2.05) is 0 Å². The van der Waals surface area contributed by atoms with Crippen LogP contribution in [0.5, 0.6) is 5.75 Å². The number of ketones is 1. The van der Waals surface area contributed by atoms with Gasteiger partial charge in [0.15, 0.2) is 5.78 Å². The van der Waals surface area contributed by atoms with Crippen molar-refractivity contribution in [3.63, 3.8) is 0 Å². The summed E-state index contributed by atoms with van der Waals surface area (Å²) in [5.74, 6) is -1.40. The lowest BCUT2D eigenvalue weighted by molar-refractivity contribution is -0.161. The molecule has 0 aliphatic carbocycles. The maximum absolute atomic E-state index is 12.4. The Morgan fingerprint density at radius 1 is 1.21 bits per heavy atom. The van der Waals surface area contributed by atoms with E-state index >= 15 is 0 Å². The quantitative estimate of drug-likeness (QED) is 0.518. The fraction of sp³-hybridized carbons (Fsp3) is 0.474. The Morgan fingerprint density at radius 3 is 2.43 bits per heavy atom. The number of rotatable bonds is 7. The minimum atomic E-state index is -1.05. The van der Waals surface area contributed by atoms with Crippen molar-refractivity contribution < 1.29 is 29.0 Å². The number of methoxy groups -OCH3 is 1. The molecule has 2 aliphatic rings. The number of nitrogens with zero attached hydrogens (tertiary/aromatic N) is 1. The Morgan fingerprint density at radius 2 is 1.86 bits per heavy atom. The Labute approximate surface area is 166 Å². The van der Waals surface area contributed by atoms with Gasteiger partial charge in [-0.3, -0.25) is 14.4 Å². The van der Waals surface area contributed by atoms with E-state index in [1.165, 1.54) is 23.8 Å². The number of hydrogen-bond acceptors (Lipinski definition) is 6. The van der Waals surface area contributed by atoms with E-state index in [1.54, 1.807) is 38.1 Å². The van der Waals surface area contributed by atoms with E-state index < -0.39 is 40.0 Å². The van der Waals surface area contributed by atoms with Crippen molar-refractivity contribution >= 4 is 35.3 Å². The summed E-state index contributed by atoms with van der Waals surface area (Å²) in [6.45, 7) is 3.54. The average molecular weight is 406 g/mol. The number of β-lactam (4-membered cyclic amide) rings is 1. The lowest BCUT2D eigenvalue weighted by atomic mass is 9.96. The Balaban J connectivity index is 1.54. The third-order valence-electron chi connectivity index (χ3n) is 4.98. The zero-order valence-electron chi connectivity index (χ0n) is 15.8. The summed E-state index contributed by atoms with van der Waals surface area (Å²) >= 11 is 1.36. The van der Waals surface area contributed by atoms with Gasteiger partial charge in [-0.25, -0.2) is 4.79 Å². The molecule has 3 rings (SSSR count). The summed E-state index contributed by atoms with van der Waals surface area (Å²) in [6, 6.07) is 4.95. The largest absolute Gasteiger partial charge is 0.497 e. The Kier molecular flexibility index (Phi) is 5.38. The van der Waals surface area contributed by atoms with Gasteiger partial charge in [0, 0.05) is 23.2 Å². The van der Waals surface area contributed by atoms with Gasteiger partial charge >= 0.3 is 5.97 Å². The SMILES string of the molecule is COc1ccc(C(=O)CCC(=O)N[C@@H]2C(=O)N3[C@@H]2SC(C)(C)[C@@H]3C(=O)O)cc1. The molecule has 0 unspecified atom stereocenters. The molecule has 3 atom stereocenters. The van der Waals surface area contributed by atoms with Crippen LogP contribution in [0.15, 0.2) is 24.3 Å². The summed E-state index contributed by atoms with van der Waals surface area (Å²) in [5, 5.41) is 11.6. The second-order valence-electron chi connectivity index (χ2n) is 7.30. The normalized spacial score (nSPS) is 24.9. The van der Waals surface area contributed by atoms with Gasteiger partial charge in [0.25, 0.3) is 0 Å². The number of aliphatic carboxylic acids is 1. The predicted octanol–water partition coefficient (Wildman–Crippen LogP) is 1.29. The first-order chi connectivity index (χ1) is 13.2. The lowest BCUT2D eigenvalue weighted by Crippen LogP contribution is -2.70. The minimum absolute atomic E-state index is 0.0177. The highest BCUT2D eigenvalue weighted by Crippen LogP contribution is 2.50. The molecule has 0 spiro atoms. The molecule has 2 N–H and O–H groups in total. The first kappa shape index (κ1) is 20.2. The van der Waals surface area contributed by atoms with Gasteiger partial charge in [-0.2, -0.15) is 0 Å². The number of amides is 2. The highest BCUT2D eigenvalue weighted by atomic mass is 32.2. The van der Waals surface area contributed by atoms with Crippen molar-refractivity contribution in [3.8, 4) is 5.75 Å². The molecule has 0 radical (unpaired) electrons. The van der Waals surface area contributed by atoms with E-state index in [0.717, 1.165) is 0 Å². The first-order valence-electron chi connectivity index (χ1n) is 8.85. The summed E-state index contributed by atoms with van der Waals surface area (Å²) in [5.41, 5.74) is 0.483. The zero-order valence-corrected chi connectivity index (χ0v) is 16.6. The van der Waals surface area contributed by atoms with Crippen LogP contribution < -0.4 is 10.1 Å². The minimum Gasteiger partial charge on any atom is -0.497 e. The molecule has 9 heteroatoms. The predicted molar refractivity (Wildman–Crippen MR) is 102 cm³/mol. The molecule has 2 fully saturated rings. The van der Waals surface area contributed by atoms with Gasteiger partial charge < -0.3 is 20.1 Å². The van der Waals surface area contributed by atoms with Crippen LogP contribution in [0.25, 0.3) is 0 Å². The molecule has 2 heterocycles. The van der Waals surface area contributed by atoms with Gasteiger partial charge in [0.2, 0.25) is 11.8 Å². The fourth-order valence-electron chi connectivity index (χ4n) is 3.54. The van der Waals surface area contributed by atoms with E-state index in [9.17, 15) is 24.3 Å². The first-order valence-corrected chi connectivity index (χ1v) is 9.73. The molecule has 150 valence electrons. The van der Waals surface area contributed by atoms with E-state index in [0.29, 0.717) is 11.3 Å². The standard InChI is InChI=1S/C19H22N2O6S/c1-19(2)15(18(25)26)21-16(24)14(17(21)28-19)20-13(23)9-8-12(22)10-4-6-11(27-3)7-5-10/h4-7,14-15,17H,8-9H2,1-3H3,(H,20,23)(H,25,26)/t14-,15+,17-/m1/s1. The summed E-state index contributed by atoms with van der Waals surface area (Å²) in [6.07, 6.45) is -0.0262. The van der Waals surface area contributed by atoms with Crippen LogP contribution in [0.3, 0.4) is 0 Å². The van der Waals surface area contributed by atoms with Gasteiger partial charge in [-0.15, -0.1) is 11.8 Å². The van der Waals surface area contributed by atoms with Crippen LogP contribution in [-0.4, -0.2) is 62.9 Å². The number of ether oxygens (including phenoxy) is 1. The number of carboxylic acids is 1. The van der Waals surface area contributed by atoms with Crippen molar-refractivity contribution in [2.24, 2.45) is 0 Å². The molecule has 1 aromatic carbocycles. The van der Waals surface area contributed by atoms with Crippen LogP contribution in [0.2, 0.25) is 0 Å². The molecular formula is C19H22N2O6S. The number of nitrogens with one attached hydrogen (secondary N) is 1. The van der Waals surface area contributed by atoms with Gasteiger partial charge in [0.05, 0.1) is 7.11 Å². The number of carboxylic acid groups (broad SMARTS) is 1. The zero-order chi connectivity index (χ0) is 20.6. The second-order valence-corrected chi connectivity index (χ2v) is 9.07. The van der Waals surface area contributed by atoms with Crippen LogP contribution in [0, 0.1) is 0 Å². The van der Waals surface area contributed by atoms with E-state index in [2.05, 4.69) is 5.32 Å². The number of fused-ring (bicyclic) bond motifs is 1. The second kappa shape index (κ2) is 7.46. The van der Waals surface area contributed by atoms with Crippen LogP contribution in [0.4, 0.5) is 0 Å². The maximum atomic E-state index is 12.4. The van der Waals surface area contributed by atoms with Crippen molar-refractivity contribution in [2.75, 3.05) is 7.11 Å². The van der Waals surface area contributed by atoms with E-state index in [4.69, 9.17) is 4.74 Å². The van der Waals surface area contributed by atoms with E-state index in [-0.39, 0.29) is 18.6 Å². The maximum Gasteiger partial charge on any atom is 0.327 e. The molecule has 2 saturated heterocycles. The Bertz CT molecular complexity index is 822. The van der Waals surface area contributed by atoms with Crippen LogP contribution >= 0.6 is 11.8 Å². The third kappa shape index (κ3) is 3.58. The number of carbonyl (C=O) groups excluding carboxylic acids is 3. The smallest absolute Gasteiger partial charge is 0.327 e. The number of thioether (sulfide) groups is 1. The van der Waals surface area contributed by atoms with Crippen molar-refractivity contribution in [2.45, 2.75) is 48.9 Å². The average Bonchev–Trinajstić information content (AvgIpc) is 2.92. The molecule has 2 aliphatic heterocycles. The number of carbonyl (C=O) groups is 4. The van der Waals surface area contributed by atoms with Crippen molar-refractivity contribution in [1.29, 1.82) is 0 Å². The van der Waals surface area contributed by atoms with Crippen molar-refractivity contribution in [3.05, 3.63) is 29.8 Å². The third-order valence-corrected chi connectivity index (χ3v) is 6.55. The highest BCUT2D eigenvalue weighted by molar-refractivity contribution is 8.01. The monoisotopic (exact) mass is 406 g/mol.